The standard InChI is InChI=1S/C23H22BrCl2N3O2/c1-3-27-22(31)29-23(24)11-5-4-6-20(23)28-16-8-10-18(19(26)13-16)21(30)17-9-7-15(25)12-14(17)2/h4-13,20,28H,3H2,1-2H3,(H2,27,29,31). The number of carbonyl (C=O) groups is 2. The number of rotatable bonds is 6. The van der Waals surface area contributed by atoms with E-state index in [-0.39, 0.29) is 17.9 Å². The molecule has 0 aromatic heterocycles. The monoisotopic (exact) mass is 521 g/mol. The van der Waals surface area contributed by atoms with E-state index in [0.29, 0.717) is 33.4 Å². The number of hydrogen-bond acceptors (Lipinski definition) is 3. The Balaban J connectivity index is 1.80. The van der Waals surface area contributed by atoms with Crippen molar-refractivity contribution in [2.45, 2.75) is 24.3 Å². The lowest BCUT2D eigenvalue weighted by Gasteiger charge is -2.35. The number of hydrogen-bond donors (Lipinski definition) is 3. The molecule has 1 aliphatic carbocycles. The smallest absolute Gasteiger partial charge is 0.316 e. The van der Waals surface area contributed by atoms with Crippen LogP contribution in [0.1, 0.15) is 28.4 Å². The molecule has 31 heavy (non-hydrogen) atoms. The minimum Gasteiger partial charge on any atom is -0.375 e. The van der Waals surface area contributed by atoms with Gasteiger partial charge in [0.15, 0.2) is 5.78 Å². The van der Waals surface area contributed by atoms with Gasteiger partial charge in [-0.25, -0.2) is 4.79 Å². The molecule has 0 radical (unpaired) electrons. The van der Waals surface area contributed by atoms with Crippen LogP contribution in [-0.2, 0) is 0 Å². The van der Waals surface area contributed by atoms with Crippen molar-refractivity contribution in [3.63, 3.8) is 0 Å². The van der Waals surface area contributed by atoms with E-state index in [0.717, 1.165) is 5.56 Å². The van der Waals surface area contributed by atoms with E-state index < -0.39 is 4.45 Å². The van der Waals surface area contributed by atoms with E-state index in [4.69, 9.17) is 23.2 Å². The van der Waals surface area contributed by atoms with Gasteiger partial charge in [0.2, 0.25) is 0 Å². The highest BCUT2D eigenvalue weighted by atomic mass is 79.9. The molecule has 5 nitrogen and oxygen atoms in total. The van der Waals surface area contributed by atoms with Crippen molar-refractivity contribution >= 4 is 56.6 Å². The van der Waals surface area contributed by atoms with Crippen LogP contribution < -0.4 is 16.0 Å². The summed E-state index contributed by atoms with van der Waals surface area (Å²) in [5.74, 6) is -0.168. The van der Waals surface area contributed by atoms with Gasteiger partial charge in [-0.3, -0.25) is 4.79 Å². The van der Waals surface area contributed by atoms with Crippen molar-refractivity contribution in [3.8, 4) is 0 Å². The lowest BCUT2D eigenvalue weighted by atomic mass is 9.98. The minimum atomic E-state index is -0.831. The first-order chi connectivity index (χ1) is 14.7. The summed E-state index contributed by atoms with van der Waals surface area (Å²) >= 11 is 16.1. The van der Waals surface area contributed by atoms with Gasteiger partial charge in [-0.1, -0.05) is 57.4 Å². The number of halogens is 3. The van der Waals surface area contributed by atoms with E-state index >= 15 is 0 Å². The molecule has 2 aromatic carbocycles. The average Bonchev–Trinajstić information content (AvgIpc) is 2.69. The largest absolute Gasteiger partial charge is 0.375 e. The van der Waals surface area contributed by atoms with Gasteiger partial charge in [0.25, 0.3) is 0 Å². The topological polar surface area (TPSA) is 70.2 Å². The zero-order chi connectivity index (χ0) is 22.6. The first kappa shape index (κ1) is 23.4. The van der Waals surface area contributed by atoms with Crippen LogP contribution in [0.4, 0.5) is 10.5 Å². The molecule has 3 rings (SSSR count). The summed E-state index contributed by atoms with van der Waals surface area (Å²) in [6, 6.07) is 9.73. The summed E-state index contributed by atoms with van der Waals surface area (Å²) in [5.41, 5.74) is 2.46. The molecule has 0 spiro atoms. The van der Waals surface area contributed by atoms with Gasteiger partial charge in [-0.05, 0) is 61.9 Å². The third-order valence-corrected chi connectivity index (χ3v) is 6.32. The summed E-state index contributed by atoms with van der Waals surface area (Å²) in [6.07, 6.45) is 7.51. The highest BCUT2D eigenvalue weighted by molar-refractivity contribution is 9.10. The Kier molecular flexibility index (Phi) is 7.46. The van der Waals surface area contributed by atoms with Crippen LogP contribution in [-0.4, -0.2) is 28.8 Å². The molecule has 3 N–H and O–H groups in total. The van der Waals surface area contributed by atoms with Crippen LogP contribution in [0.2, 0.25) is 10.0 Å². The van der Waals surface area contributed by atoms with Crippen molar-refractivity contribution in [1.29, 1.82) is 0 Å². The van der Waals surface area contributed by atoms with Gasteiger partial charge >= 0.3 is 6.03 Å². The summed E-state index contributed by atoms with van der Waals surface area (Å²) in [6.45, 7) is 4.21. The number of ketones is 1. The van der Waals surface area contributed by atoms with E-state index in [1.165, 1.54) is 0 Å². The fraction of sp³-hybridized carbons (Fsp3) is 0.217. The Bertz CT molecular complexity index is 1070. The average molecular weight is 523 g/mol. The van der Waals surface area contributed by atoms with Crippen LogP contribution in [0.5, 0.6) is 0 Å². The van der Waals surface area contributed by atoms with E-state index in [1.807, 2.05) is 38.2 Å². The molecular weight excluding hydrogens is 501 g/mol. The number of allylic oxidation sites excluding steroid dienone is 2. The summed E-state index contributed by atoms with van der Waals surface area (Å²) in [5, 5.41) is 9.89. The van der Waals surface area contributed by atoms with Gasteiger partial charge in [-0.15, -0.1) is 0 Å². The quantitative estimate of drug-likeness (QED) is 0.253. The Hall–Kier alpha value is -2.28. The fourth-order valence-corrected chi connectivity index (χ4v) is 4.35. The predicted molar refractivity (Wildman–Crippen MR) is 131 cm³/mol. The summed E-state index contributed by atoms with van der Waals surface area (Å²) in [4.78, 5) is 25.0. The SMILES string of the molecule is CCNC(=O)NC1(Br)C=CC=CC1Nc1ccc(C(=O)c2ccc(Cl)cc2C)c(Cl)c1. The molecule has 162 valence electrons. The molecule has 0 bridgehead atoms. The second-order valence-corrected chi connectivity index (χ2v) is 9.26. The maximum Gasteiger partial charge on any atom is 0.316 e. The Morgan fingerprint density at radius 1 is 1.10 bits per heavy atom. The molecule has 0 saturated heterocycles. The van der Waals surface area contributed by atoms with Crippen molar-refractivity contribution in [2.24, 2.45) is 0 Å². The van der Waals surface area contributed by atoms with Crippen molar-refractivity contribution in [1.82, 2.24) is 10.6 Å². The number of alkyl halides is 1. The van der Waals surface area contributed by atoms with Crippen molar-refractivity contribution < 1.29 is 9.59 Å². The molecule has 2 unspecified atom stereocenters. The van der Waals surface area contributed by atoms with E-state index in [1.54, 1.807) is 36.4 Å². The van der Waals surface area contributed by atoms with Crippen molar-refractivity contribution in [2.75, 3.05) is 11.9 Å². The molecule has 0 heterocycles. The van der Waals surface area contributed by atoms with Crippen molar-refractivity contribution in [3.05, 3.63) is 87.4 Å². The third-order valence-electron chi connectivity index (χ3n) is 4.82. The molecule has 0 fully saturated rings. The Labute approximate surface area is 200 Å². The number of benzene rings is 2. The first-order valence-corrected chi connectivity index (χ1v) is 11.3. The molecule has 0 saturated carbocycles. The number of nitrogens with one attached hydrogen (secondary N) is 3. The lowest BCUT2D eigenvalue weighted by Crippen LogP contribution is -2.56. The number of urea groups is 1. The normalized spacial score (nSPS) is 19.7. The van der Waals surface area contributed by atoms with Crippen LogP contribution >= 0.6 is 39.1 Å². The van der Waals surface area contributed by atoms with Gasteiger partial charge in [0, 0.05) is 28.4 Å². The molecule has 2 aromatic rings. The van der Waals surface area contributed by atoms with Gasteiger partial charge in [0.05, 0.1) is 11.1 Å². The minimum absolute atomic E-state index is 0.168. The van der Waals surface area contributed by atoms with Gasteiger partial charge in [-0.2, -0.15) is 0 Å². The second-order valence-electron chi connectivity index (χ2n) is 7.10. The summed E-state index contributed by atoms with van der Waals surface area (Å²) in [7, 11) is 0. The zero-order valence-electron chi connectivity index (χ0n) is 17.0. The zero-order valence-corrected chi connectivity index (χ0v) is 20.1. The first-order valence-electron chi connectivity index (χ1n) is 9.71. The van der Waals surface area contributed by atoms with E-state index in [2.05, 4.69) is 31.9 Å². The van der Waals surface area contributed by atoms with Crippen LogP contribution in [0.3, 0.4) is 0 Å². The van der Waals surface area contributed by atoms with Gasteiger partial charge in [0.1, 0.15) is 4.45 Å². The second kappa shape index (κ2) is 9.90. The third kappa shape index (κ3) is 5.50. The molecule has 8 heteroatoms. The Morgan fingerprint density at radius 2 is 1.84 bits per heavy atom. The highest BCUT2D eigenvalue weighted by Crippen LogP contribution is 2.31. The number of carbonyl (C=O) groups excluding carboxylic acids is 2. The molecule has 1 aliphatic rings. The summed E-state index contributed by atoms with van der Waals surface area (Å²) < 4.78 is -0.831. The maximum atomic E-state index is 13.0. The van der Waals surface area contributed by atoms with E-state index in [9.17, 15) is 9.59 Å². The number of amides is 2. The predicted octanol–water partition coefficient (Wildman–Crippen LogP) is 5.85. The van der Waals surface area contributed by atoms with Crippen LogP contribution in [0.15, 0.2) is 60.7 Å². The fourth-order valence-electron chi connectivity index (χ4n) is 3.26. The van der Waals surface area contributed by atoms with Crippen LogP contribution in [0, 0.1) is 6.92 Å². The Morgan fingerprint density at radius 3 is 2.52 bits per heavy atom. The number of anilines is 1. The van der Waals surface area contributed by atoms with Gasteiger partial charge < -0.3 is 16.0 Å². The lowest BCUT2D eigenvalue weighted by molar-refractivity contribution is 0.103. The molecular formula is C23H22BrCl2N3O2. The highest BCUT2D eigenvalue weighted by Gasteiger charge is 2.35. The number of aryl methyl sites for hydroxylation is 1. The van der Waals surface area contributed by atoms with Crippen LogP contribution in [0.25, 0.3) is 0 Å². The molecule has 2 atom stereocenters. The molecule has 2 amide bonds. The molecule has 0 aliphatic heterocycles. The maximum absolute atomic E-state index is 13.0.